The molecule has 0 heterocycles. The lowest BCUT2D eigenvalue weighted by molar-refractivity contribution is 0.352. The Hall–Kier alpha value is -1.55. The van der Waals surface area contributed by atoms with Crippen LogP contribution in [-0.4, -0.2) is 29.8 Å². The number of anilines is 2. The number of nitrogens with two attached hydrogens (primary N) is 1. The van der Waals surface area contributed by atoms with Gasteiger partial charge in [-0.25, -0.2) is 0 Å². The van der Waals surface area contributed by atoms with Crippen LogP contribution in [0, 0.1) is 0 Å². The van der Waals surface area contributed by atoms with Crippen molar-refractivity contribution in [3.63, 3.8) is 0 Å². The van der Waals surface area contributed by atoms with Gasteiger partial charge in [0.15, 0.2) is 0 Å². The van der Waals surface area contributed by atoms with Gasteiger partial charge >= 0.3 is 0 Å². The summed E-state index contributed by atoms with van der Waals surface area (Å²) >= 11 is 0. The molecule has 0 spiro atoms. The number of benzene rings is 1. The van der Waals surface area contributed by atoms with Gasteiger partial charge in [-0.3, -0.25) is 19.1 Å². The molecule has 0 aromatic heterocycles. The molecule has 18 heavy (non-hydrogen) atoms. The molecule has 0 aliphatic carbocycles. The molecule has 106 valence electrons. The van der Waals surface area contributed by atoms with Crippen molar-refractivity contribution >= 4 is 21.8 Å². The number of hydrogen-bond donors (Lipinski definition) is 3. The molecule has 0 radical (unpaired) electrons. The number of hydrogen-bond acceptors (Lipinski definition) is 8. The second kappa shape index (κ2) is 9.48. The normalized spacial score (nSPS) is 9.22. The molecular formula is C9H16N2O6S-2. The summed E-state index contributed by atoms with van der Waals surface area (Å²) in [6.07, 6.45) is 0. The zero-order valence-electron chi connectivity index (χ0n) is 10.2. The monoisotopic (exact) mass is 280 g/mol. The van der Waals surface area contributed by atoms with Crippen molar-refractivity contribution in [3.8, 4) is 5.75 Å². The number of rotatable bonds is 2. The molecule has 0 unspecified atom stereocenters. The highest BCUT2D eigenvalue weighted by Gasteiger charge is 1.99. The highest BCUT2D eigenvalue weighted by Crippen LogP contribution is 2.25. The van der Waals surface area contributed by atoms with Gasteiger partial charge in [0.05, 0.1) is 7.11 Å². The van der Waals surface area contributed by atoms with Crippen LogP contribution in [0.15, 0.2) is 18.2 Å². The lowest BCUT2D eigenvalue weighted by atomic mass is 10.2. The second-order valence-corrected chi connectivity index (χ2v) is 3.30. The van der Waals surface area contributed by atoms with E-state index in [0.29, 0.717) is 17.1 Å². The van der Waals surface area contributed by atoms with Crippen molar-refractivity contribution in [3.05, 3.63) is 18.2 Å². The lowest BCUT2D eigenvalue weighted by Gasteiger charge is -2.06. The first kappa shape index (κ1) is 18.8. The Bertz CT molecular complexity index is 427. The number of nitrogens with one attached hydrogen (secondary N) is 1. The third-order valence-electron chi connectivity index (χ3n) is 1.35. The Kier molecular flexibility index (Phi) is 9.90. The fourth-order valence-corrected chi connectivity index (χ4v) is 0.800. The van der Waals surface area contributed by atoms with Crippen molar-refractivity contribution in [2.24, 2.45) is 0 Å². The minimum atomic E-state index is -5.17. The second-order valence-electron chi connectivity index (χ2n) is 2.48. The molecule has 0 aliphatic rings. The van der Waals surface area contributed by atoms with E-state index in [4.69, 9.17) is 33.2 Å². The van der Waals surface area contributed by atoms with Crippen LogP contribution >= 0.6 is 0 Å². The van der Waals surface area contributed by atoms with Crippen molar-refractivity contribution in [2.45, 2.75) is 13.8 Å². The SMILES string of the molecule is CC.COc1cc(N)ccc1NO.O=S(=O)([O-])[O-]. The average molecular weight is 280 g/mol. The molecule has 8 nitrogen and oxygen atoms in total. The Morgan fingerprint density at radius 2 is 1.78 bits per heavy atom. The van der Waals surface area contributed by atoms with Gasteiger partial charge in [-0.15, -0.1) is 0 Å². The maximum absolute atomic E-state index is 8.57. The Balaban J connectivity index is 0. The third-order valence-corrected chi connectivity index (χ3v) is 1.35. The highest BCUT2D eigenvalue weighted by atomic mass is 32.3. The van der Waals surface area contributed by atoms with Crippen LogP contribution in [0.1, 0.15) is 13.8 Å². The van der Waals surface area contributed by atoms with Gasteiger partial charge < -0.3 is 19.6 Å². The zero-order chi connectivity index (χ0) is 14.8. The molecule has 1 aromatic rings. The number of methoxy groups -OCH3 is 1. The summed E-state index contributed by atoms with van der Waals surface area (Å²) in [6, 6.07) is 4.92. The molecule has 0 fully saturated rings. The Labute approximate surface area is 106 Å². The summed E-state index contributed by atoms with van der Waals surface area (Å²) < 4.78 is 39.0. The molecule has 0 aliphatic heterocycles. The topological polar surface area (TPSA) is 148 Å². The largest absolute Gasteiger partial charge is 0.759 e. The third kappa shape index (κ3) is 11.0. The quantitative estimate of drug-likeness (QED) is 0.311. The smallest absolute Gasteiger partial charge is 0.146 e. The average Bonchev–Trinajstić information content (AvgIpc) is 2.29. The van der Waals surface area contributed by atoms with Crippen molar-refractivity contribution in [2.75, 3.05) is 18.3 Å². The summed E-state index contributed by atoms with van der Waals surface area (Å²) in [6.45, 7) is 4.00. The van der Waals surface area contributed by atoms with Crippen LogP contribution < -0.4 is 16.0 Å². The van der Waals surface area contributed by atoms with Gasteiger partial charge in [-0.05, 0) is 12.1 Å². The molecule has 0 atom stereocenters. The standard InChI is InChI=1S/C7H10N2O2.C2H6.H2O4S/c1-11-7-4-5(8)2-3-6(7)9-10;1-2;1-5(2,3)4/h2-4,9-10H,8H2,1H3;1-2H3;(H2,1,2,3,4)/p-2. The van der Waals surface area contributed by atoms with E-state index in [1.54, 1.807) is 18.2 Å². The van der Waals surface area contributed by atoms with Gasteiger partial charge in [0.25, 0.3) is 0 Å². The molecular weight excluding hydrogens is 264 g/mol. The molecule has 9 heteroatoms. The predicted molar refractivity (Wildman–Crippen MR) is 64.6 cm³/mol. The van der Waals surface area contributed by atoms with Crippen LogP contribution in [0.4, 0.5) is 11.4 Å². The predicted octanol–water partition coefficient (Wildman–Crippen LogP) is 0.767. The fraction of sp³-hybridized carbons (Fsp3) is 0.333. The van der Waals surface area contributed by atoms with Crippen molar-refractivity contribution < 1.29 is 27.5 Å². The van der Waals surface area contributed by atoms with Crippen LogP contribution in [0.3, 0.4) is 0 Å². The number of ether oxygens (including phenoxy) is 1. The summed E-state index contributed by atoms with van der Waals surface area (Å²) in [5.41, 5.74) is 8.56. The summed E-state index contributed by atoms with van der Waals surface area (Å²) in [5.74, 6) is 0.521. The maximum atomic E-state index is 8.57. The Morgan fingerprint density at radius 3 is 2.11 bits per heavy atom. The van der Waals surface area contributed by atoms with E-state index in [1.807, 2.05) is 19.3 Å². The lowest BCUT2D eigenvalue weighted by Crippen LogP contribution is -1.95. The molecule has 1 rings (SSSR count). The summed E-state index contributed by atoms with van der Waals surface area (Å²) in [7, 11) is -3.66. The Morgan fingerprint density at radius 1 is 1.33 bits per heavy atom. The molecule has 0 amide bonds. The van der Waals surface area contributed by atoms with Crippen LogP contribution in [0.5, 0.6) is 5.75 Å². The first-order valence-electron chi connectivity index (χ1n) is 4.78. The maximum Gasteiger partial charge on any atom is 0.146 e. The van der Waals surface area contributed by atoms with E-state index in [9.17, 15) is 0 Å². The van der Waals surface area contributed by atoms with E-state index in [1.165, 1.54) is 7.11 Å². The van der Waals surface area contributed by atoms with Crippen LogP contribution in [0.2, 0.25) is 0 Å². The highest BCUT2D eigenvalue weighted by molar-refractivity contribution is 7.79. The minimum Gasteiger partial charge on any atom is -0.759 e. The minimum absolute atomic E-state index is 0.502. The molecule has 0 saturated carbocycles. The first-order valence-corrected chi connectivity index (χ1v) is 6.11. The zero-order valence-corrected chi connectivity index (χ0v) is 11.0. The molecule has 0 saturated heterocycles. The first-order chi connectivity index (χ1) is 8.27. The van der Waals surface area contributed by atoms with E-state index in [-0.39, 0.29) is 0 Å². The van der Waals surface area contributed by atoms with E-state index in [2.05, 4.69) is 0 Å². The van der Waals surface area contributed by atoms with E-state index >= 15 is 0 Å². The van der Waals surface area contributed by atoms with Gasteiger partial charge in [0.2, 0.25) is 0 Å². The number of nitrogen functional groups attached to an aromatic ring is 1. The van der Waals surface area contributed by atoms with Crippen LogP contribution in [-0.2, 0) is 10.4 Å². The van der Waals surface area contributed by atoms with Crippen molar-refractivity contribution in [1.29, 1.82) is 0 Å². The molecule has 0 bridgehead atoms. The van der Waals surface area contributed by atoms with Crippen molar-refractivity contribution in [1.82, 2.24) is 0 Å². The fourth-order valence-electron chi connectivity index (χ4n) is 0.800. The molecule has 4 N–H and O–H groups in total. The van der Waals surface area contributed by atoms with E-state index in [0.717, 1.165) is 0 Å². The summed E-state index contributed by atoms with van der Waals surface area (Å²) in [5, 5.41) is 8.57. The summed E-state index contributed by atoms with van der Waals surface area (Å²) in [4.78, 5) is 0. The molecule has 1 aromatic carbocycles. The van der Waals surface area contributed by atoms with Gasteiger partial charge in [0, 0.05) is 22.2 Å². The van der Waals surface area contributed by atoms with Gasteiger partial charge in [-0.1, -0.05) is 13.8 Å². The van der Waals surface area contributed by atoms with Crippen LogP contribution in [0.25, 0.3) is 0 Å². The van der Waals surface area contributed by atoms with E-state index < -0.39 is 10.4 Å². The van der Waals surface area contributed by atoms with Gasteiger partial charge in [-0.2, -0.15) is 0 Å². The van der Waals surface area contributed by atoms with Gasteiger partial charge in [0.1, 0.15) is 11.4 Å².